The molecule has 2 aromatic rings. The number of ether oxygens (including phenoxy) is 1. The highest BCUT2D eigenvalue weighted by atomic mass is 16.5. The van der Waals surface area contributed by atoms with E-state index in [9.17, 15) is 0 Å². The zero-order valence-corrected chi connectivity index (χ0v) is 12.4. The molecule has 22 heavy (non-hydrogen) atoms. The monoisotopic (exact) mass is 297 g/mol. The Morgan fingerprint density at radius 3 is 2.77 bits per heavy atom. The molecule has 2 aliphatic rings. The number of aromatic nitrogens is 3. The van der Waals surface area contributed by atoms with Gasteiger partial charge in [-0.15, -0.1) is 0 Å². The van der Waals surface area contributed by atoms with Crippen molar-refractivity contribution < 1.29 is 4.74 Å². The fraction of sp³-hybridized carbons (Fsp3) is 0.438. The first-order valence-electron chi connectivity index (χ1n) is 7.80. The number of fused-ring (bicyclic) bond motifs is 1. The van der Waals surface area contributed by atoms with E-state index in [2.05, 4.69) is 25.2 Å². The molecule has 1 N–H and O–H groups in total. The lowest BCUT2D eigenvalue weighted by molar-refractivity contribution is 0.163. The number of piperidine rings is 1. The summed E-state index contributed by atoms with van der Waals surface area (Å²) in [5.74, 6) is 1.53. The molecule has 4 heterocycles. The van der Waals surface area contributed by atoms with Gasteiger partial charge in [-0.3, -0.25) is 0 Å². The largest absolute Gasteiger partial charge is 0.474 e. The molecule has 2 aromatic heterocycles. The Hall–Kier alpha value is -2.37. The van der Waals surface area contributed by atoms with Crippen LogP contribution in [0.25, 0.3) is 0 Å². The molecular weight excluding hydrogens is 278 g/mol. The quantitative estimate of drug-likeness (QED) is 0.933. The van der Waals surface area contributed by atoms with Gasteiger partial charge in [0.25, 0.3) is 0 Å². The Morgan fingerprint density at radius 2 is 1.95 bits per heavy atom. The molecule has 0 amide bonds. The third-order valence-electron chi connectivity index (χ3n) is 4.24. The molecule has 4 rings (SSSR count). The molecule has 6 nitrogen and oxygen atoms in total. The minimum absolute atomic E-state index is 0.215. The van der Waals surface area contributed by atoms with Gasteiger partial charge in [0.1, 0.15) is 6.10 Å². The van der Waals surface area contributed by atoms with Gasteiger partial charge in [0.2, 0.25) is 11.8 Å². The molecule has 0 bridgehead atoms. The maximum atomic E-state index is 6.05. The summed E-state index contributed by atoms with van der Waals surface area (Å²) in [5, 5.41) is 3.36. The Labute approximate surface area is 129 Å². The molecule has 1 fully saturated rings. The van der Waals surface area contributed by atoms with E-state index in [0.29, 0.717) is 0 Å². The number of anilines is 2. The van der Waals surface area contributed by atoms with Gasteiger partial charge in [0, 0.05) is 62.8 Å². The van der Waals surface area contributed by atoms with Crippen LogP contribution in [0.4, 0.5) is 11.6 Å². The van der Waals surface area contributed by atoms with Gasteiger partial charge >= 0.3 is 0 Å². The molecule has 0 atom stereocenters. The molecule has 2 aliphatic heterocycles. The average molecular weight is 297 g/mol. The van der Waals surface area contributed by atoms with Crippen LogP contribution in [0.2, 0.25) is 0 Å². The van der Waals surface area contributed by atoms with Crippen LogP contribution in [0.1, 0.15) is 18.4 Å². The number of pyridine rings is 1. The first kappa shape index (κ1) is 13.3. The van der Waals surface area contributed by atoms with Crippen molar-refractivity contribution in [2.45, 2.75) is 25.4 Å². The van der Waals surface area contributed by atoms with Crippen LogP contribution in [0, 0.1) is 0 Å². The van der Waals surface area contributed by atoms with Crippen molar-refractivity contribution in [2.24, 2.45) is 0 Å². The molecule has 1 saturated heterocycles. The Bertz CT molecular complexity index is 640. The van der Waals surface area contributed by atoms with E-state index in [0.717, 1.165) is 50.7 Å². The lowest BCUT2D eigenvalue weighted by atomic mass is 10.1. The van der Waals surface area contributed by atoms with Crippen molar-refractivity contribution in [2.75, 3.05) is 29.9 Å². The molecule has 0 spiro atoms. The van der Waals surface area contributed by atoms with E-state index in [4.69, 9.17) is 4.74 Å². The molecule has 0 unspecified atom stereocenters. The molecular formula is C16H19N5O. The molecule has 0 aromatic carbocycles. The lowest BCUT2D eigenvalue weighted by Crippen LogP contribution is -2.39. The summed E-state index contributed by atoms with van der Waals surface area (Å²) in [6.07, 6.45) is 8.69. The van der Waals surface area contributed by atoms with Crippen LogP contribution >= 0.6 is 0 Å². The maximum absolute atomic E-state index is 6.05. The predicted molar refractivity (Wildman–Crippen MR) is 84.3 cm³/mol. The van der Waals surface area contributed by atoms with Gasteiger partial charge in [-0.1, -0.05) is 0 Å². The lowest BCUT2D eigenvalue weighted by Gasteiger charge is -2.31. The second kappa shape index (κ2) is 5.79. The predicted octanol–water partition coefficient (Wildman–Crippen LogP) is 1.89. The zero-order valence-electron chi connectivity index (χ0n) is 12.4. The maximum Gasteiger partial charge on any atom is 0.225 e. The van der Waals surface area contributed by atoms with Crippen LogP contribution in [-0.2, 0) is 6.42 Å². The van der Waals surface area contributed by atoms with E-state index in [1.165, 1.54) is 11.3 Å². The number of nitrogens with one attached hydrogen (secondary N) is 1. The third kappa shape index (κ3) is 2.68. The van der Waals surface area contributed by atoms with Crippen LogP contribution < -0.4 is 15.0 Å². The summed E-state index contributed by atoms with van der Waals surface area (Å²) in [5.41, 5.74) is 2.45. The van der Waals surface area contributed by atoms with Gasteiger partial charge in [-0.05, 0) is 18.1 Å². The summed E-state index contributed by atoms with van der Waals surface area (Å²) in [6, 6.07) is 3.86. The van der Waals surface area contributed by atoms with Crippen molar-refractivity contribution >= 4 is 11.6 Å². The second-order valence-corrected chi connectivity index (χ2v) is 5.71. The van der Waals surface area contributed by atoms with Crippen molar-refractivity contribution in [1.29, 1.82) is 0 Å². The normalized spacial score (nSPS) is 17.9. The molecule has 114 valence electrons. The molecule has 6 heteroatoms. The van der Waals surface area contributed by atoms with Crippen molar-refractivity contribution in [3.63, 3.8) is 0 Å². The highest BCUT2D eigenvalue weighted by Crippen LogP contribution is 2.26. The van der Waals surface area contributed by atoms with Gasteiger partial charge in [0.05, 0.1) is 0 Å². The molecule has 0 aliphatic carbocycles. The summed E-state index contributed by atoms with van der Waals surface area (Å²) in [7, 11) is 0. The number of nitrogens with zero attached hydrogens (tertiary/aromatic N) is 4. The standard InChI is InChI=1S/C16H19N5O/c1-5-18-16(19-6-1)21-8-3-13(4-9-21)22-15-10-14-12(11-20-15)2-7-17-14/h1,5-6,10-11,13,17H,2-4,7-9H2. The van der Waals surface area contributed by atoms with Gasteiger partial charge in [0.15, 0.2) is 0 Å². The number of hydrogen-bond acceptors (Lipinski definition) is 6. The van der Waals surface area contributed by atoms with Crippen molar-refractivity contribution in [1.82, 2.24) is 15.0 Å². The first-order chi connectivity index (χ1) is 10.9. The minimum Gasteiger partial charge on any atom is -0.474 e. The van der Waals surface area contributed by atoms with E-state index in [1.807, 2.05) is 18.3 Å². The fourth-order valence-corrected chi connectivity index (χ4v) is 3.02. The third-order valence-corrected chi connectivity index (χ3v) is 4.24. The Balaban J connectivity index is 1.36. The highest BCUT2D eigenvalue weighted by molar-refractivity contribution is 5.56. The van der Waals surface area contributed by atoms with E-state index >= 15 is 0 Å². The summed E-state index contributed by atoms with van der Waals surface area (Å²) >= 11 is 0. The van der Waals surface area contributed by atoms with E-state index < -0.39 is 0 Å². The van der Waals surface area contributed by atoms with Crippen molar-refractivity contribution in [3.05, 3.63) is 36.3 Å². The smallest absolute Gasteiger partial charge is 0.225 e. The molecule has 0 radical (unpaired) electrons. The van der Waals surface area contributed by atoms with Gasteiger partial charge in [-0.2, -0.15) is 0 Å². The van der Waals surface area contributed by atoms with Crippen LogP contribution in [0.3, 0.4) is 0 Å². The molecule has 0 saturated carbocycles. The zero-order chi connectivity index (χ0) is 14.8. The van der Waals surface area contributed by atoms with Gasteiger partial charge < -0.3 is 15.0 Å². The second-order valence-electron chi connectivity index (χ2n) is 5.71. The first-order valence-corrected chi connectivity index (χ1v) is 7.80. The summed E-state index contributed by atoms with van der Waals surface area (Å²) in [6.45, 7) is 2.83. The van der Waals surface area contributed by atoms with E-state index in [-0.39, 0.29) is 6.10 Å². The highest BCUT2D eigenvalue weighted by Gasteiger charge is 2.23. The van der Waals surface area contributed by atoms with Crippen LogP contribution in [-0.4, -0.2) is 40.7 Å². The van der Waals surface area contributed by atoms with Crippen LogP contribution in [0.15, 0.2) is 30.7 Å². The minimum atomic E-state index is 0.215. The number of rotatable bonds is 3. The average Bonchev–Trinajstić information content (AvgIpc) is 3.04. The summed E-state index contributed by atoms with van der Waals surface area (Å²) in [4.78, 5) is 15.2. The van der Waals surface area contributed by atoms with E-state index in [1.54, 1.807) is 12.4 Å². The fourth-order valence-electron chi connectivity index (χ4n) is 3.02. The number of hydrogen-bond donors (Lipinski definition) is 1. The Kier molecular flexibility index (Phi) is 3.50. The summed E-state index contributed by atoms with van der Waals surface area (Å²) < 4.78 is 6.05. The van der Waals surface area contributed by atoms with Crippen LogP contribution in [0.5, 0.6) is 5.88 Å². The van der Waals surface area contributed by atoms with Gasteiger partial charge in [-0.25, -0.2) is 15.0 Å². The Morgan fingerprint density at radius 1 is 1.14 bits per heavy atom. The topological polar surface area (TPSA) is 63.2 Å². The van der Waals surface area contributed by atoms with Crippen molar-refractivity contribution in [3.8, 4) is 5.88 Å². The SMILES string of the molecule is c1cnc(N2CCC(Oc3cc4c(cn3)CCN4)CC2)nc1.